The van der Waals surface area contributed by atoms with E-state index in [1.165, 1.54) is 11.8 Å². The summed E-state index contributed by atoms with van der Waals surface area (Å²) in [5.41, 5.74) is 6.76. The van der Waals surface area contributed by atoms with Crippen molar-refractivity contribution in [2.24, 2.45) is 5.73 Å². The minimum Gasteiger partial charge on any atom is -0.379 e. The SMILES string of the molecule is CNC(=O)c1ccccc1CSC(=N)N. The van der Waals surface area contributed by atoms with Crippen molar-refractivity contribution in [2.75, 3.05) is 7.05 Å². The first kappa shape index (κ1) is 11.6. The van der Waals surface area contributed by atoms with Crippen LogP contribution in [0.4, 0.5) is 0 Å². The van der Waals surface area contributed by atoms with Gasteiger partial charge < -0.3 is 11.1 Å². The molecule has 0 unspecified atom stereocenters. The van der Waals surface area contributed by atoms with E-state index in [1.54, 1.807) is 13.1 Å². The summed E-state index contributed by atoms with van der Waals surface area (Å²) in [6, 6.07) is 7.30. The van der Waals surface area contributed by atoms with E-state index in [0.717, 1.165) is 5.56 Å². The molecule has 4 N–H and O–H groups in total. The van der Waals surface area contributed by atoms with Crippen LogP contribution in [-0.4, -0.2) is 18.1 Å². The minimum atomic E-state index is -0.116. The highest BCUT2D eigenvalue weighted by atomic mass is 32.2. The van der Waals surface area contributed by atoms with Gasteiger partial charge in [-0.05, 0) is 11.6 Å². The van der Waals surface area contributed by atoms with E-state index in [9.17, 15) is 4.79 Å². The lowest BCUT2D eigenvalue weighted by Crippen LogP contribution is -2.19. The van der Waals surface area contributed by atoms with Gasteiger partial charge in [0, 0.05) is 18.4 Å². The molecule has 5 heteroatoms. The zero-order chi connectivity index (χ0) is 11.3. The molecule has 0 fully saturated rings. The van der Waals surface area contributed by atoms with Crippen LogP contribution < -0.4 is 11.1 Å². The van der Waals surface area contributed by atoms with Crippen molar-refractivity contribution in [2.45, 2.75) is 5.75 Å². The fraction of sp³-hybridized carbons (Fsp3) is 0.200. The van der Waals surface area contributed by atoms with Crippen LogP contribution >= 0.6 is 11.8 Å². The summed E-state index contributed by atoms with van der Waals surface area (Å²) in [7, 11) is 1.59. The summed E-state index contributed by atoms with van der Waals surface area (Å²) in [5.74, 6) is 0.425. The van der Waals surface area contributed by atoms with E-state index >= 15 is 0 Å². The molecule has 15 heavy (non-hydrogen) atoms. The number of rotatable bonds is 3. The number of hydrogen-bond donors (Lipinski definition) is 3. The number of nitrogens with one attached hydrogen (secondary N) is 2. The Morgan fingerprint density at radius 3 is 2.80 bits per heavy atom. The van der Waals surface area contributed by atoms with Crippen LogP contribution in [0.2, 0.25) is 0 Å². The van der Waals surface area contributed by atoms with Crippen molar-refractivity contribution in [1.82, 2.24) is 5.32 Å². The minimum absolute atomic E-state index is 0.0571. The lowest BCUT2D eigenvalue weighted by atomic mass is 10.1. The average molecular weight is 223 g/mol. The number of hydrogen-bond acceptors (Lipinski definition) is 3. The molecular weight excluding hydrogens is 210 g/mol. The number of amidine groups is 1. The van der Waals surface area contributed by atoms with Crippen molar-refractivity contribution in [3.05, 3.63) is 35.4 Å². The molecule has 1 aromatic carbocycles. The van der Waals surface area contributed by atoms with Gasteiger partial charge in [-0.2, -0.15) is 0 Å². The van der Waals surface area contributed by atoms with Crippen LogP contribution in [0, 0.1) is 5.41 Å². The maximum absolute atomic E-state index is 11.5. The Labute approximate surface area is 92.8 Å². The van der Waals surface area contributed by atoms with Gasteiger partial charge in [-0.15, -0.1) is 0 Å². The highest BCUT2D eigenvalue weighted by Crippen LogP contribution is 2.16. The molecule has 1 amide bonds. The third-order valence-electron chi connectivity index (χ3n) is 1.87. The van der Waals surface area contributed by atoms with E-state index in [1.807, 2.05) is 18.2 Å². The van der Waals surface area contributed by atoms with Gasteiger partial charge in [0.2, 0.25) is 0 Å². The first-order valence-corrected chi connectivity index (χ1v) is 5.40. The number of thioether (sulfide) groups is 1. The zero-order valence-corrected chi connectivity index (χ0v) is 9.23. The first-order valence-electron chi connectivity index (χ1n) is 4.42. The molecule has 0 aliphatic heterocycles. The van der Waals surface area contributed by atoms with Gasteiger partial charge in [0.1, 0.15) is 0 Å². The smallest absolute Gasteiger partial charge is 0.251 e. The lowest BCUT2D eigenvalue weighted by Gasteiger charge is -2.06. The van der Waals surface area contributed by atoms with Crippen molar-refractivity contribution < 1.29 is 4.79 Å². The second-order valence-electron chi connectivity index (χ2n) is 2.89. The summed E-state index contributed by atoms with van der Waals surface area (Å²) >= 11 is 1.21. The van der Waals surface area contributed by atoms with E-state index in [-0.39, 0.29) is 11.1 Å². The van der Waals surface area contributed by atoms with Gasteiger partial charge >= 0.3 is 0 Å². The Kier molecular flexibility index (Phi) is 4.17. The third-order valence-corrected chi connectivity index (χ3v) is 2.64. The quantitative estimate of drug-likeness (QED) is 0.531. The van der Waals surface area contributed by atoms with Crippen LogP contribution in [0.3, 0.4) is 0 Å². The Balaban J connectivity index is 2.86. The van der Waals surface area contributed by atoms with Gasteiger partial charge in [-0.3, -0.25) is 10.2 Å². The largest absolute Gasteiger partial charge is 0.379 e. The van der Waals surface area contributed by atoms with Gasteiger partial charge in [-0.1, -0.05) is 30.0 Å². The molecule has 0 heterocycles. The Morgan fingerprint density at radius 1 is 1.53 bits per heavy atom. The van der Waals surface area contributed by atoms with E-state index < -0.39 is 0 Å². The Morgan fingerprint density at radius 2 is 2.20 bits per heavy atom. The van der Waals surface area contributed by atoms with E-state index in [4.69, 9.17) is 11.1 Å². The summed E-state index contributed by atoms with van der Waals surface area (Å²) in [4.78, 5) is 11.5. The molecule has 80 valence electrons. The monoisotopic (exact) mass is 223 g/mol. The van der Waals surface area contributed by atoms with Gasteiger partial charge in [0.15, 0.2) is 5.17 Å². The van der Waals surface area contributed by atoms with Crippen molar-refractivity contribution in [1.29, 1.82) is 5.41 Å². The molecule has 4 nitrogen and oxygen atoms in total. The molecule has 0 saturated carbocycles. The summed E-state index contributed by atoms with van der Waals surface area (Å²) < 4.78 is 0. The molecule has 0 spiro atoms. The molecule has 0 saturated heterocycles. The highest BCUT2D eigenvalue weighted by molar-refractivity contribution is 8.13. The van der Waals surface area contributed by atoms with Crippen molar-refractivity contribution >= 4 is 22.8 Å². The number of amides is 1. The second kappa shape index (κ2) is 5.41. The van der Waals surface area contributed by atoms with Crippen LogP contribution in [-0.2, 0) is 5.75 Å². The zero-order valence-electron chi connectivity index (χ0n) is 8.41. The normalized spacial score (nSPS) is 9.67. The molecular formula is C10H13N3OS. The first-order chi connectivity index (χ1) is 7.15. The van der Waals surface area contributed by atoms with Gasteiger partial charge in [0.25, 0.3) is 5.91 Å². The molecule has 1 aromatic rings. The maximum atomic E-state index is 11.5. The Hall–Kier alpha value is -1.49. The molecule has 0 atom stereocenters. The molecule has 0 aromatic heterocycles. The van der Waals surface area contributed by atoms with Crippen molar-refractivity contribution in [3.8, 4) is 0 Å². The molecule has 0 aliphatic rings. The number of carbonyl (C=O) groups excluding carboxylic acids is 1. The Bertz CT molecular complexity index is 379. The molecule has 0 radical (unpaired) electrons. The predicted octanol–water partition coefficient (Wildman–Crippen LogP) is 1.17. The van der Waals surface area contributed by atoms with Gasteiger partial charge in [0.05, 0.1) is 0 Å². The predicted molar refractivity (Wildman–Crippen MR) is 63.0 cm³/mol. The third kappa shape index (κ3) is 3.28. The number of benzene rings is 1. The second-order valence-corrected chi connectivity index (χ2v) is 3.91. The van der Waals surface area contributed by atoms with Crippen LogP contribution in [0.25, 0.3) is 0 Å². The molecule has 0 bridgehead atoms. The van der Waals surface area contributed by atoms with E-state index in [0.29, 0.717) is 11.3 Å². The van der Waals surface area contributed by atoms with E-state index in [2.05, 4.69) is 5.32 Å². The number of nitrogens with two attached hydrogens (primary N) is 1. The highest BCUT2D eigenvalue weighted by Gasteiger charge is 2.08. The molecule has 0 aliphatic carbocycles. The average Bonchev–Trinajstić information content (AvgIpc) is 2.25. The topological polar surface area (TPSA) is 79.0 Å². The lowest BCUT2D eigenvalue weighted by molar-refractivity contribution is 0.0962. The maximum Gasteiger partial charge on any atom is 0.251 e. The molecule has 1 rings (SSSR count). The number of carbonyl (C=O) groups is 1. The van der Waals surface area contributed by atoms with Crippen LogP contribution in [0.1, 0.15) is 15.9 Å². The van der Waals surface area contributed by atoms with Crippen molar-refractivity contribution in [3.63, 3.8) is 0 Å². The van der Waals surface area contributed by atoms with Crippen LogP contribution in [0.5, 0.6) is 0 Å². The van der Waals surface area contributed by atoms with Gasteiger partial charge in [-0.25, -0.2) is 0 Å². The standard InChI is InChI=1S/C10H13N3OS/c1-13-9(14)8-5-3-2-4-7(8)6-15-10(11)12/h2-5H,6H2,1H3,(H3,11,12)(H,13,14). The summed E-state index contributed by atoms with van der Waals surface area (Å²) in [5, 5.41) is 9.74. The van der Waals surface area contributed by atoms with Crippen LogP contribution in [0.15, 0.2) is 24.3 Å². The summed E-state index contributed by atoms with van der Waals surface area (Å²) in [6.07, 6.45) is 0. The fourth-order valence-electron chi connectivity index (χ4n) is 1.16. The fourth-order valence-corrected chi connectivity index (χ4v) is 1.72. The summed E-state index contributed by atoms with van der Waals surface area (Å²) in [6.45, 7) is 0.